The highest BCUT2D eigenvalue weighted by Crippen LogP contribution is 2.25. The third kappa shape index (κ3) is 2.51. The predicted molar refractivity (Wildman–Crippen MR) is 66.7 cm³/mol. The highest BCUT2D eigenvalue weighted by molar-refractivity contribution is 6.08. The number of benzene rings is 1. The van der Waals surface area contributed by atoms with Crippen molar-refractivity contribution < 1.29 is 14.1 Å². The molecule has 1 heterocycles. The number of anilines is 2. The summed E-state index contributed by atoms with van der Waals surface area (Å²) < 4.78 is 4.96. The average molecular weight is 262 g/mol. The number of nitrogen functional groups attached to an aromatic ring is 1. The van der Waals surface area contributed by atoms with Crippen LogP contribution in [0.15, 0.2) is 28.9 Å². The molecule has 0 bridgehead atoms. The van der Waals surface area contributed by atoms with Crippen LogP contribution < -0.4 is 11.1 Å². The van der Waals surface area contributed by atoms with Crippen LogP contribution in [0, 0.1) is 17.0 Å². The number of nitro groups is 1. The standard InChI is InChI=1S/C11H10N4O4/c1-6-5-19-11(13-6)14-10(16)7-3-2-4-8(9(7)12)15(17)18/h2-5H,12H2,1H3,(H,13,14,16). The van der Waals surface area contributed by atoms with Gasteiger partial charge in [-0.3, -0.25) is 20.2 Å². The van der Waals surface area contributed by atoms with Crippen LogP contribution in [0.1, 0.15) is 16.1 Å². The normalized spacial score (nSPS) is 10.2. The molecule has 0 radical (unpaired) electrons. The summed E-state index contributed by atoms with van der Waals surface area (Å²) in [5, 5.41) is 13.1. The number of nitrogens with one attached hydrogen (secondary N) is 1. The minimum atomic E-state index is -0.651. The molecule has 0 saturated carbocycles. The summed E-state index contributed by atoms with van der Waals surface area (Å²) in [6.07, 6.45) is 1.37. The van der Waals surface area contributed by atoms with Crippen molar-refractivity contribution in [2.24, 2.45) is 0 Å². The van der Waals surface area contributed by atoms with E-state index in [-0.39, 0.29) is 23.0 Å². The van der Waals surface area contributed by atoms with Crippen LogP contribution in [0.2, 0.25) is 0 Å². The molecule has 1 aromatic heterocycles. The first-order valence-corrected chi connectivity index (χ1v) is 5.25. The second-order valence-corrected chi connectivity index (χ2v) is 3.74. The van der Waals surface area contributed by atoms with Gasteiger partial charge in [-0.15, -0.1) is 0 Å². The van der Waals surface area contributed by atoms with Gasteiger partial charge in [0.1, 0.15) is 12.0 Å². The molecule has 0 fully saturated rings. The summed E-state index contributed by atoms with van der Waals surface area (Å²) in [4.78, 5) is 25.9. The Labute approximate surface area is 107 Å². The molecule has 19 heavy (non-hydrogen) atoms. The summed E-state index contributed by atoms with van der Waals surface area (Å²) >= 11 is 0. The van der Waals surface area contributed by atoms with Gasteiger partial charge < -0.3 is 10.2 Å². The monoisotopic (exact) mass is 262 g/mol. The number of hydrogen-bond donors (Lipinski definition) is 2. The highest BCUT2D eigenvalue weighted by atomic mass is 16.6. The van der Waals surface area contributed by atoms with Gasteiger partial charge in [0, 0.05) is 6.07 Å². The molecule has 2 rings (SSSR count). The fraction of sp³-hybridized carbons (Fsp3) is 0.0909. The number of nitro benzene ring substituents is 1. The van der Waals surface area contributed by atoms with E-state index in [9.17, 15) is 14.9 Å². The number of hydrogen-bond acceptors (Lipinski definition) is 6. The summed E-state index contributed by atoms with van der Waals surface area (Å²) in [6, 6.07) is 3.99. The van der Waals surface area contributed by atoms with Gasteiger partial charge in [0.15, 0.2) is 0 Å². The van der Waals surface area contributed by atoms with Crippen LogP contribution in [0.4, 0.5) is 17.4 Å². The second kappa shape index (κ2) is 4.77. The Hall–Kier alpha value is -2.90. The number of aromatic nitrogens is 1. The molecule has 0 spiro atoms. The van der Waals surface area contributed by atoms with Crippen LogP contribution >= 0.6 is 0 Å². The highest BCUT2D eigenvalue weighted by Gasteiger charge is 2.19. The van der Waals surface area contributed by atoms with E-state index in [0.717, 1.165) is 0 Å². The number of nitrogens with two attached hydrogens (primary N) is 1. The molecule has 1 amide bonds. The molecule has 0 aliphatic rings. The van der Waals surface area contributed by atoms with Crippen LogP contribution in [-0.4, -0.2) is 15.8 Å². The van der Waals surface area contributed by atoms with E-state index in [1.165, 1.54) is 24.5 Å². The Balaban J connectivity index is 2.29. The summed E-state index contributed by atoms with van der Waals surface area (Å²) in [5.41, 5.74) is 5.66. The molecule has 2 aromatic rings. The molecular weight excluding hydrogens is 252 g/mol. The maximum atomic E-state index is 11.9. The maximum absolute atomic E-state index is 11.9. The minimum Gasteiger partial charge on any atom is -0.432 e. The smallest absolute Gasteiger partial charge is 0.301 e. The number of nitrogens with zero attached hydrogens (tertiary/aromatic N) is 2. The SMILES string of the molecule is Cc1coc(NC(=O)c2cccc([N+](=O)[O-])c2N)n1. The number of carbonyl (C=O) groups is 1. The largest absolute Gasteiger partial charge is 0.432 e. The summed E-state index contributed by atoms with van der Waals surface area (Å²) in [6.45, 7) is 1.70. The molecule has 8 heteroatoms. The van der Waals surface area contributed by atoms with Gasteiger partial charge in [0.2, 0.25) is 0 Å². The van der Waals surface area contributed by atoms with Crippen molar-refractivity contribution in [3.8, 4) is 0 Å². The zero-order chi connectivity index (χ0) is 14.0. The van der Waals surface area contributed by atoms with Crippen molar-refractivity contribution in [3.63, 3.8) is 0 Å². The molecular formula is C11H10N4O4. The van der Waals surface area contributed by atoms with Crippen molar-refractivity contribution in [1.82, 2.24) is 4.98 Å². The van der Waals surface area contributed by atoms with Gasteiger partial charge >= 0.3 is 6.01 Å². The lowest BCUT2D eigenvalue weighted by Crippen LogP contribution is -2.15. The second-order valence-electron chi connectivity index (χ2n) is 3.74. The molecule has 1 aromatic carbocycles. The summed E-state index contributed by atoms with van der Waals surface area (Å²) in [7, 11) is 0. The molecule has 0 aliphatic heterocycles. The van der Waals surface area contributed by atoms with Crippen LogP contribution in [0.25, 0.3) is 0 Å². The Bertz CT molecular complexity index is 650. The minimum absolute atomic E-state index is 0.00778. The van der Waals surface area contributed by atoms with E-state index in [2.05, 4.69) is 10.3 Å². The zero-order valence-electron chi connectivity index (χ0n) is 9.91. The number of rotatable bonds is 3. The van der Waals surface area contributed by atoms with Crippen molar-refractivity contribution in [1.29, 1.82) is 0 Å². The van der Waals surface area contributed by atoms with Gasteiger partial charge in [0.05, 0.1) is 16.2 Å². The van der Waals surface area contributed by atoms with Gasteiger partial charge in [-0.25, -0.2) is 0 Å². The number of amides is 1. The molecule has 8 nitrogen and oxygen atoms in total. The van der Waals surface area contributed by atoms with Crippen molar-refractivity contribution in [3.05, 3.63) is 45.8 Å². The summed E-state index contributed by atoms with van der Waals surface area (Å²) in [5.74, 6) is -0.622. The first-order valence-electron chi connectivity index (χ1n) is 5.25. The quantitative estimate of drug-likeness (QED) is 0.493. The first kappa shape index (κ1) is 12.6. The third-order valence-electron chi connectivity index (χ3n) is 2.36. The topological polar surface area (TPSA) is 124 Å². The lowest BCUT2D eigenvalue weighted by molar-refractivity contribution is -0.383. The molecule has 3 N–H and O–H groups in total. The maximum Gasteiger partial charge on any atom is 0.301 e. The lowest BCUT2D eigenvalue weighted by Gasteiger charge is -2.04. The molecule has 98 valence electrons. The average Bonchev–Trinajstić information content (AvgIpc) is 2.74. The van der Waals surface area contributed by atoms with E-state index < -0.39 is 10.8 Å². The van der Waals surface area contributed by atoms with Crippen LogP contribution in [-0.2, 0) is 0 Å². The Morgan fingerprint density at radius 3 is 2.84 bits per heavy atom. The molecule has 0 aliphatic carbocycles. The fourth-order valence-corrected chi connectivity index (χ4v) is 1.49. The molecule has 0 saturated heterocycles. The first-order chi connectivity index (χ1) is 8.99. The van der Waals surface area contributed by atoms with Gasteiger partial charge in [-0.05, 0) is 13.0 Å². The van der Waals surface area contributed by atoms with E-state index in [0.29, 0.717) is 5.69 Å². The number of para-hydroxylation sites is 1. The van der Waals surface area contributed by atoms with Crippen LogP contribution in [0.5, 0.6) is 0 Å². The molecule has 0 unspecified atom stereocenters. The van der Waals surface area contributed by atoms with Crippen molar-refractivity contribution in [2.45, 2.75) is 6.92 Å². The Morgan fingerprint density at radius 2 is 2.26 bits per heavy atom. The van der Waals surface area contributed by atoms with Crippen molar-refractivity contribution >= 4 is 23.3 Å². The van der Waals surface area contributed by atoms with Gasteiger partial charge in [0.25, 0.3) is 11.6 Å². The number of carbonyl (C=O) groups excluding carboxylic acids is 1. The third-order valence-corrected chi connectivity index (χ3v) is 2.36. The fourth-order valence-electron chi connectivity index (χ4n) is 1.49. The van der Waals surface area contributed by atoms with Gasteiger partial charge in [-0.2, -0.15) is 4.98 Å². The number of oxazole rings is 1. The van der Waals surface area contributed by atoms with Crippen LogP contribution in [0.3, 0.4) is 0 Å². The van der Waals surface area contributed by atoms with Gasteiger partial charge in [-0.1, -0.05) is 6.07 Å². The van der Waals surface area contributed by atoms with E-state index in [1.807, 2.05) is 0 Å². The predicted octanol–water partition coefficient (Wildman–Crippen LogP) is 1.73. The van der Waals surface area contributed by atoms with E-state index in [4.69, 9.17) is 10.2 Å². The Morgan fingerprint density at radius 1 is 1.53 bits per heavy atom. The Kier molecular flexibility index (Phi) is 3.15. The van der Waals surface area contributed by atoms with Crippen molar-refractivity contribution in [2.75, 3.05) is 11.1 Å². The molecule has 0 atom stereocenters. The van der Waals surface area contributed by atoms with E-state index >= 15 is 0 Å². The number of aryl methyl sites for hydroxylation is 1. The van der Waals surface area contributed by atoms with E-state index in [1.54, 1.807) is 6.92 Å². The zero-order valence-corrected chi connectivity index (χ0v) is 9.91. The lowest BCUT2D eigenvalue weighted by atomic mass is 10.1.